The Labute approximate surface area is 151 Å². The summed E-state index contributed by atoms with van der Waals surface area (Å²) in [6, 6.07) is 6.51. The molecule has 4 rings (SSSR count). The third kappa shape index (κ3) is 3.18. The van der Waals surface area contributed by atoms with Gasteiger partial charge in [0, 0.05) is 26.1 Å². The van der Waals surface area contributed by atoms with Gasteiger partial charge < -0.3 is 14.6 Å². The van der Waals surface area contributed by atoms with E-state index in [1.54, 1.807) is 23.1 Å². The monoisotopic (exact) mass is 359 g/mol. The Morgan fingerprint density at radius 2 is 1.92 bits per heavy atom. The highest BCUT2D eigenvalue weighted by molar-refractivity contribution is 6.40. The zero-order valence-corrected chi connectivity index (χ0v) is 14.6. The van der Waals surface area contributed by atoms with Gasteiger partial charge in [0.15, 0.2) is 11.8 Å². The summed E-state index contributed by atoms with van der Waals surface area (Å²) in [7, 11) is 0. The molecule has 3 aliphatic heterocycles. The number of hydrogen-bond acceptors (Lipinski definition) is 4. The lowest BCUT2D eigenvalue weighted by atomic mass is 10.00. The molecule has 3 heterocycles. The Hall–Kier alpha value is -2.44. The molecule has 0 radical (unpaired) electrons. The Kier molecular flexibility index (Phi) is 4.61. The van der Waals surface area contributed by atoms with E-state index >= 15 is 0 Å². The van der Waals surface area contributed by atoms with E-state index in [0.717, 1.165) is 25.9 Å². The maximum atomic E-state index is 13.7. The number of carbonyl (C=O) groups is 2. The Balaban J connectivity index is 1.34. The maximum Gasteiger partial charge on any atom is 0.272 e. The second-order valence-electron chi connectivity index (χ2n) is 7.12. The van der Waals surface area contributed by atoms with Crippen molar-refractivity contribution in [3.63, 3.8) is 0 Å². The number of hydrogen-bond donors (Lipinski definition) is 0. The lowest BCUT2D eigenvalue weighted by molar-refractivity contribution is -0.131. The van der Waals surface area contributed by atoms with Crippen molar-refractivity contribution in [3.8, 4) is 0 Å². The van der Waals surface area contributed by atoms with Gasteiger partial charge in [-0.2, -0.15) is 0 Å². The first-order valence-corrected chi connectivity index (χ1v) is 9.17. The average molecular weight is 359 g/mol. The summed E-state index contributed by atoms with van der Waals surface area (Å²) in [5.74, 6) is -0.539. The standard InChI is InChI=1S/C19H22FN3O3/c20-15-6-2-1-5-13(15)7-8-17(24)23-11-14-16(12-23)26-21-18(14)19(25)22-9-3-4-10-22/h1-2,5-6,14,16H,3-4,7-12H2/t14-,16+/m0/s1. The summed E-state index contributed by atoms with van der Waals surface area (Å²) in [5.41, 5.74) is 0.990. The smallest absolute Gasteiger partial charge is 0.272 e. The van der Waals surface area contributed by atoms with Crippen molar-refractivity contribution in [1.82, 2.24) is 9.80 Å². The molecule has 0 aromatic heterocycles. The predicted octanol–water partition coefficient (Wildman–Crippen LogP) is 1.59. The van der Waals surface area contributed by atoms with Crippen LogP contribution < -0.4 is 0 Å². The van der Waals surface area contributed by atoms with E-state index in [1.807, 2.05) is 4.90 Å². The number of carbonyl (C=O) groups excluding carboxylic acids is 2. The van der Waals surface area contributed by atoms with E-state index in [9.17, 15) is 14.0 Å². The lowest BCUT2D eigenvalue weighted by Gasteiger charge is -2.18. The SMILES string of the molecule is O=C(CCc1ccccc1F)N1C[C@@H]2C(C(=O)N3CCCC3)=NO[C@@H]2C1. The van der Waals surface area contributed by atoms with Crippen LogP contribution in [0.2, 0.25) is 0 Å². The van der Waals surface area contributed by atoms with E-state index in [1.165, 1.54) is 6.07 Å². The molecule has 3 aliphatic rings. The quantitative estimate of drug-likeness (QED) is 0.820. The van der Waals surface area contributed by atoms with Gasteiger partial charge in [0.25, 0.3) is 5.91 Å². The largest absolute Gasteiger partial charge is 0.389 e. The molecule has 26 heavy (non-hydrogen) atoms. The van der Waals surface area contributed by atoms with Gasteiger partial charge in [0.1, 0.15) is 5.82 Å². The summed E-state index contributed by atoms with van der Waals surface area (Å²) in [5, 5.41) is 4.00. The van der Waals surface area contributed by atoms with E-state index in [4.69, 9.17) is 4.84 Å². The number of rotatable bonds is 4. The van der Waals surface area contributed by atoms with Crippen molar-refractivity contribution in [2.24, 2.45) is 11.1 Å². The van der Waals surface area contributed by atoms with Crippen molar-refractivity contribution < 1.29 is 18.8 Å². The molecule has 0 bridgehead atoms. The van der Waals surface area contributed by atoms with Gasteiger partial charge in [-0.25, -0.2) is 4.39 Å². The molecule has 2 amide bonds. The minimum Gasteiger partial charge on any atom is -0.389 e. The van der Waals surface area contributed by atoms with Crippen LogP contribution in [-0.4, -0.2) is 59.6 Å². The number of halogens is 1. The molecule has 0 aliphatic carbocycles. The fourth-order valence-electron chi connectivity index (χ4n) is 3.92. The number of oxime groups is 1. The molecule has 2 fully saturated rings. The fraction of sp³-hybridized carbons (Fsp3) is 0.526. The first-order valence-electron chi connectivity index (χ1n) is 9.17. The number of nitrogens with zero attached hydrogens (tertiary/aromatic N) is 3. The normalized spacial score (nSPS) is 24.4. The van der Waals surface area contributed by atoms with Crippen LogP contribution in [0.4, 0.5) is 4.39 Å². The van der Waals surface area contributed by atoms with Gasteiger partial charge in [-0.05, 0) is 30.9 Å². The summed E-state index contributed by atoms with van der Waals surface area (Å²) >= 11 is 0. The molecule has 1 aromatic rings. The van der Waals surface area contributed by atoms with Crippen molar-refractivity contribution in [3.05, 3.63) is 35.6 Å². The van der Waals surface area contributed by atoms with E-state index in [-0.39, 0.29) is 36.1 Å². The van der Waals surface area contributed by atoms with Crippen LogP contribution in [0.3, 0.4) is 0 Å². The Morgan fingerprint density at radius 3 is 2.69 bits per heavy atom. The van der Waals surface area contributed by atoms with Crippen LogP contribution in [0.15, 0.2) is 29.4 Å². The van der Waals surface area contributed by atoms with Crippen molar-refractivity contribution >= 4 is 17.5 Å². The first kappa shape index (κ1) is 17.0. The zero-order valence-electron chi connectivity index (χ0n) is 14.6. The summed E-state index contributed by atoms with van der Waals surface area (Å²) in [6.45, 7) is 2.40. The van der Waals surface area contributed by atoms with Crippen LogP contribution in [0.5, 0.6) is 0 Å². The Bertz CT molecular complexity index is 745. The van der Waals surface area contributed by atoms with Crippen molar-refractivity contribution in [2.75, 3.05) is 26.2 Å². The van der Waals surface area contributed by atoms with Gasteiger partial charge in [-0.1, -0.05) is 23.4 Å². The minimum atomic E-state index is -0.285. The maximum absolute atomic E-state index is 13.7. The Morgan fingerprint density at radius 1 is 1.15 bits per heavy atom. The number of aryl methyl sites for hydroxylation is 1. The number of benzene rings is 1. The lowest BCUT2D eigenvalue weighted by Crippen LogP contribution is -2.39. The summed E-state index contributed by atoms with van der Waals surface area (Å²) < 4.78 is 13.7. The fourth-order valence-corrected chi connectivity index (χ4v) is 3.92. The topological polar surface area (TPSA) is 62.2 Å². The number of fused-ring (bicyclic) bond motifs is 1. The molecule has 7 heteroatoms. The first-order chi connectivity index (χ1) is 12.6. The van der Waals surface area contributed by atoms with Gasteiger partial charge in [-0.15, -0.1) is 0 Å². The number of likely N-dealkylation sites (tertiary alicyclic amines) is 2. The van der Waals surface area contributed by atoms with Gasteiger partial charge >= 0.3 is 0 Å². The van der Waals surface area contributed by atoms with Gasteiger partial charge in [0.05, 0.1) is 12.5 Å². The third-order valence-electron chi connectivity index (χ3n) is 5.44. The molecular weight excluding hydrogens is 337 g/mol. The van der Waals surface area contributed by atoms with Crippen LogP contribution >= 0.6 is 0 Å². The molecule has 0 unspecified atom stereocenters. The molecular formula is C19H22FN3O3. The highest BCUT2D eigenvalue weighted by Crippen LogP contribution is 2.29. The third-order valence-corrected chi connectivity index (χ3v) is 5.44. The average Bonchev–Trinajstić information content (AvgIpc) is 3.36. The van der Waals surface area contributed by atoms with Gasteiger partial charge in [-0.3, -0.25) is 9.59 Å². The van der Waals surface area contributed by atoms with Crippen LogP contribution in [0.25, 0.3) is 0 Å². The van der Waals surface area contributed by atoms with Crippen molar-refractivity contribution in [2.45, 2.75) is 31.8 Å². The highest BCUT2D eigenvalue weighted by atomic mass is 19.1. The molecule has 2 atom stereocenters. The van der Waals surface area contributed by atoms with Crippen LogP contribution in [0.1, 0.15) is 24.8 Å². The molecule has 0 N–H and O–H groups in total. The molecule has 6 nitrogen and oxygen atoms in total. The molecule has 0 saturated carbocycles. The molecule has 138 valence electrons. The van der Waals surface area contributed by atoms with Crippen LogP contribution in [-0.2, 0) is 20.8 Å². The number of amides is 2. The second-order valence-corrected chi connectivity index (χ2v) is 7.12. The second kappa shape index (κ2) is 7.05. The molecule has 2 saturated heterocycles. The highest BCUT2D eigenvalue weighted by Gasteiger charge is 2.47. The zero-order chi connectivity index (χ0) is 18.1. The van der Waals surface area contributed by atoms with Gasteiger partial charge in [0.2, 0.25) is 5.91 Å². The summed E-state index contributed by atoms with van der Waals surface area (Å²) in [4.78, 5) is 34.0. The van der Waals surface area contributed by atoms with E-state index < -0.39 is 0 Å². The predicted molar refractivity (Wildman–Crippen MR) is 92.9 cm³/mol. The summed E-state index contributed by atoms with van der Waals surface area (Å²) in [6.07, 6.45) is 2.41. The van der Waals surface area contributed by atoms with E-state index in [0.29, 0.717) is 30.8 Å². The van der Waals surface area contributed by atoms with Crippen LogP contribution in [0, 0.1) is 11.7 Å². The molecule has 0 spiro atoms. The van der Waals surface area contributed by atoms with E-state index in [2.05, 4.69) is 5.16 Å². The van der Waals surface area contributed by atoms with Crippen molar-refractivity contribution in [1.29, 1.82) is 0 Å². The minimum absolute atomic E-state index is 0.0424. The molecule has 1 aromatic carbocycles.